The summed E-state index contributed by atoms with van der Waals surface area (Å²) in [5.41, 5.74) is 2.91. The van der Waals surface area contributed by atoms with Crippen molar-refractivity contribution in [2.24, 2.45) is 0 Å². The Balaban J connectivity index is 1.53. The molecule has 5 rings (SSSR count). The molecule has 2 aromatic carbocycles. The molecule has 0 aliphatic rings. The molecule has 1 N–H and O–H groups in total. The van der Waals surface area contributed by atoms with Crippen molar-refractivity contribution in [2.45, 2.75) is 6.42 Å². The molecule has 136 valence electrons. The van der Waals surface area contributed by atoms with E-state index in [9.17, 15) is 4.39 Å². The summed E-state index contributed by atoms with van der Waals surface area (Å²) in [6.45, 7) is 0. The number of rotatable bonds is 4. The molecule has 0 saturated carbocycles. The molecule has 0 aliphatic heterocycles. The Morgan fingerprint density at radius 3 is 2.61 bits per heavy atom. The number of anilines is 2. The van der Waals surface area contributed by atoms with Gasteiger partial charge >= 0.3 is 6.01 Å². The topological polar surface area (TPSA) is 76.7 Å². The van der Waals surface area contributed by atoms with Crippen LogP contribution in [0.1, 0.15) is 11.3 Å². The Hall–Kier alpha value is -3.87. The predicted molar refractivity (Wildman–Crippen MR) is 104 cm³/mol. The number of fused-ring (bicyclic) bond motifs is 2. The second-order valence-electron chi connectivity index (χ2n) is 6.33. The van der Waals surface area contributed by atoms with Gasteiger partial charge in [0, 0.05) is 35.7 Å². The molecule has 0 bridgehead atoms. The third kappa shape index (κ3) is 3.03. The van der Waals surface area contributed by atoms with Gasteiger partial charge in [-0.3, -0.25) is 10.3 Å². The lowest BCUT2D eigenvalue weighted by molar-refractivity contribution is 0.604. The van der Waals surface area contributed by atoms with Crippen LogP contribution < -0.4 is 5.32 Å². The zero-order chi connectivity index (χ0) is 18.9. The van der Waals surface area contributed by atoms with E-state index in [-0.39, 0.29) is 11.8 Å². The molecule has 0 fully saturated rings. The highest BCUT2D eigenvalue weighted by molar-refractivity contribution is 5.94. The summed E-state index contributed by atoms with van der Waals surface area (Å²) in [6, 6.07) is 16.2. The highest BCUT2D eigenvalue weighted by Gasteiger charge is 2.13. The van der Waals surface area contributed by atoms with Crippen molar-refractivity contribution in [3.8, 4) is 0 Å². The Bertz CT molecular complexity index is 1290. The average molecular weight is 371 g/mol. The maximum atomic E-state index is 13.4. The quantitative estimate of drug-likeness (QED) is 0.496. The third-order valence-electron chi connectivity index (χ3n) is 4.46. The summed E-state index contributed by atoms with van der Waals surface area (Å²) in [5.74, 6) is 0.155. The minimum absolute atomic E-state index is 0.238. The van der Waals surface area contributed by atoms with Crippen LogP contribution in [0.5, 0.6) is 0 Å². The van der Waals surface area contributed by atoms with Crippen LogP contribution in [0.15, 0.2) is 71.4 Å². The number of halogens is 1. The molecule has 0 aliphatic carbocycles. The van der Waals surface area contributed by atoms with Gasteiger partial charge in [0.1, 0.15) is 11.3 Å². The average Bonchev–Trinajstić information content (AvgIpc) is 3.12. The van der Waals surface area contributed by atoms with E-state index >= 15 is 0 Å². The third-order valence-corrected chi connectivity index (χ3v) is 4.46. The van der Waals surface area contributed by atoms with Gasteiger partial charge in [0.2, 0.25) is 0 Å². The summed E-state index contributed by atoms with van der Waals surface area (Å²) in [4.78, 5) is 8.37. The summed E-state index contributed by atoms with van der Waals surface area (Å²) >= 11 is 0. The van der Waals surface area contributed by atoms with Crippen molar-refractivity contribution >= 4 is 33.7 Å². The van der Waals surface area contributed by atoms with Gasteiger partial charge in [-0.1, -0.05) is 24.3 Å². The number of hydrogen-bond donors (Lipinski definition) is 1. The van der Waals surface area contributed by atoms with Crippen LogP contribution in [0.3, 0.4) is 0 Å². The minimum Gasteiger partial charge on any atom is -0.423 e. The van der Waals surface area contributed by atoms with Gasteiger partial charge in [-0.2, -0.15) is 10.1 Å². The lowest BCUT2D eigenvalue weighted by Crippen LogP contribution is -2.02. The first kappa shape index (κ1) is 16.3. The highest BCUT2D eigenvalue weighted by atomic mass is 19.1. The Morgan fingerprint density at radius 1 is 0.929 bits per heavy atom. The number of pyridine rings is 1. The van der Waals surface area contributed by atoms with Crippen molar-refractivity contribution in [2.75, 3.05) is 5.32 Å². The smallest absolute Gasteiger partial charge is 0.301 e. The van der Waals surface area contributed by atoms with Gasteiger partial charge in [-0.05, 0) is 29.8 Å². The number of aromatic nitrogens is 4. The van der Waals surface area contributed by atoms with Crippen molar-refractivity contribution in [3.05, 3.63) is 84.1 Å². The first-order chi connectivity index (χ1) is 13.8. The first-order valence-corrected chi connectivity index (χ1v) is 8.72. The molecule has 0 radical (unpaired) electrons. The molecule has 3 aromatic heterocycles. The van der Waals surface area contributed by atoms with Crippen LogP contribution in [0.2, 0.25) is 0 Å². The van der Waals surface area contributed by atoms with Gasteiger partial charge in [-0.15, -0.1) is 5.10 Å². The standard InChI is InChI=1S/C21H14FN5O/c22-14-5-6-17-19(12-14)28-21(24-17)25-20-16-4-2-1-3-15(16)18(26-27-20)11-13-7-9-23-10-8-13/h1-10,12H,11H2,(H,24,25,27). The zero-order valence-corrected chi connectivity index (χ0v) is 14.6. The molecule has 0 saturated heterocycles. The molecule has 5 aromatic rings. The molecule has 0 unspecified atom stereocenters. The van der Waals surface area contributed by atoms with E-state index in [1.165, 1.54) is 12.1 Å². The van der Waals surface area contributed by atoms with Crippen LogP contribution in [-0.2, 0) is 6.42 Å². The van der Waals surface area contributed by atoms with Crippen molar-refractivity contribution in [1.82, 2.24) is 20.2 Å². The van der Waals surface area contributed by atoms with Gasteiger partial charge < -0.3 is 4.42 Å². The predicted octanol–water partition coefficient (Wildman–Crippen LogP) is 4.64. The van der Waals surface area contributed by atoms with Crippen LogP contribution in [0.25, 0.3) is 21.9 Å². The van der Waals surface area contributed by atoms with E-state index < -0.39 is 0 Å². The second-order valence-corrected chi connectivity index (χ2v) is 6.33. The van der Waals surface area contributed by atoms with Gasteiger partial charge in [0.05, 0.1) is 5.69 Å². The first-order valence-electron chi connectivity index (χ1n) is 8.72. The van der Waals surface area contributed by atoms with E-state index in [2.05, 4.69) is 25.5 Å². The summed E-state index contributed by atoms with van der Waals surface area (Å²) in [7, 11) is 0. The van der Waals surface area contributed by atoms with Gasteiger partial charge in [0.25, 0.3) is 0 Å². The maximum absolute atomic E-state index is 13.4. The Kier molecular flexibility index (Phi) is 3.90. The summed E-state index contributed by atoms with van der Waals surface area (Å²) in [6.07, 6.45) is 4.17. The summed E-state index contributed by atoms with van der Waals surface area (Å²) in [5, 5.41) is 13.7. The molecule has 7 heteroatoms. The number of nitrogens with one attached hydrogen (secondary N) is 1. The fourth-order valence-electron chi connectivity index (χ4n) is 3.13. The van der Waals surface area contributed by atoms with Crippen molar-refractivity contribution < 1.29 is 8.81 Å². The summed E-state index contributed by atoms with van der Waals surface area (Å²) < 4.78 is 19.0. The fourth-order valence-corrected chi connectivity index (χ4v) is 3.13. The van der Waals surface area contributed by atoms with Crippen LogP contribution in [-0.4, -0.2) is 20.2 Å². The number of hydrogen-bond acceptors (Lipinski definition) is 6. The highest BCUT2D eigenvalue weighted by Crippen LogP contribution is 2.28. The number of benzene rings is 2. The molecule has 0 spiro atoms. The van der Waals surface area contributed by atoms with Gasteiger partial charge in [0.15, 0.2) is 11.4 Å². The van der Waals surface area contributed by atoms with Crippen molar-refractivity contribution in [1.29, 1.82) is 0 Å². The minimum atomic E-state index is -0.374. The van der Waals surface area contributed by atoms with E-state index in [4.69, 9.17) is 4.42 Å². The number of oxazole rings is 1. The maximum Gasteiger partial charge on any atom is 0.301 e. The van der Waals surface area contributed by atoms with Crippen molar-refractivity contribution in [3.63, 3.8) is 0 Å². The molecule has 28 heavy (non-hydrogen) atoms. The van der Waals surface area contributed by atoms with Crippen LogP contribution >= 0.6 is 0 Å². The Labute approximate surface area is 159 Å². The molecular formula is C21H14FN5O. The van der Waals surface area contributed by atoms with Crippen LogP contribution in [0, 0.1) is 5.82 Å². The van der Waals surface area contributed by atoms with E-state index in [1.807, 2.05) is 36.4 Å². The molecule has 0 amide bonds. The SMILES string of the molecule is Fc1ccc2nc(Nc3nnc(Cc4ccncc4)c4ccccc34)oc2c1. The largest absolute Gasteiger partial charge is 0.423 e. The fraction of sp³-hybridized carbons (Fsp3) is 0.0476. The number of nitrogens with zero attached hydrogens (tertiary/aromatic N) is 4. The molecule has 6 nitrogen and oxygen atoms in total. The lowest BCUT2D eigenvalue weighted by Gasteiger charge is -2.09. The zero-order valence-electron chi connectivity index (χ0n) is 14.6. The molecular weight excluding hydrogens is 357 g/mol. The van der Waals surface area contributed by atoms with E-state index in [0.717, 1.165) is 22.0 Å². The van der Waals surface area contributed by atoms with E-state index in [1.54, 1.807) is 18.5 Å². The van der Waals surface area contributed by atoms with Crippen LogP contribution in [0.4, 0.5) is 16.2 Å². The Morgan fingerprint density at radius 2 is 1.75 bits per heavy atom. The van der Waals surface area contributed by atoms with Gasteiger partial charge in [-0.25, -0.2) is 4.39 Å². The second kappa shape index (κ2) is 6.70. The molecule has 0 atom stereocenters. The van der Waals surface area contributed by atoms with E-state index in [0.29, 0.717) is 23.3 Å². The molecule has 3 heterocycles. The lowest BCUT2D eigenvalue weighted by atomic mass is 10.1. The monoisotopic (exact) mass is 371 g/mol. The normalized spacial score (nSPS) is 11.2.